The van der Waals surface area contributed by atoms with Crippen LogP contribution in [0.3, 0.4) is 0 Å². The number of ether oxygens (including phenoxy) is 1. The van der Waals surface area contributed by atoms with Crippen LogP contribution in [0, 0.1) is 0 Å². The number of nitrogens with one attached hydrogen (secondary N) is 1. The van der Waals surface area contributed by atoms with Gasteiger partial charge in [0, 0.05) is 62.0 Å². The number of piperidine rings is 1. The van der Waals surface area contributed by atoms with Crippen molar-refractivity contribution < 1.29 is 4.74 Å². The Morgan fingerprint density at radius 3 is 2.57 bits per heavy atom. The number of anilines is 1. The van der Waals surface area contributed by atoms with Crippen LogP contribution in [-0.4, -0.2) is 39.9 Å². The molecule has 7 heteroatoms. The van der Waals surface area contributed by atoms with E-state index in [9.17, 15) is 0 Å². The van der Waals surface area contributed by atoms with Gasteiger partial charge in [-0.05, 0) is 31.4 Å². The largest absolute Gasteiger partial charge is 0.497 e. The van der Waals surface area contributed by atoms with Crippen LogP contribution in [0.5, 0.6) is 5.75 Å². The van der Waals surface area contributed by atoms with Gasteiger partial charge in [-0.25, -0.2) is 14.6 Å². The molecule has 7 nitrogen and oxygen atoms in total. The Morgan fingerprint density at radius 2 is 1.79 bits per heavy atom. The lowest BCUT2D eigenvalue weighted by Crippen LogP contribution is -2.31. The van der Waals surface area contributed by atoms with Gasteiger partial charge in [0.2, 0.25) is 5.95 Å². The molecule has 0 saturated carbocycles. The molecule has 0 unspecified atom stereocenters. The predicted molar refractivity (Wildman–Crippen MR) is 109 cm³/mol. The molecule has 1 aliphatic heterocycles. The molecule has 0 bridgehead atoms. The second-order valence-corrected chi connectivity index (χ2v) is 7.04. The Balaban J connectivity index is 1.30. The molecule has 3 aromatic rings. The van der Waals surface area contributed by atoms with Gasteiger partial charge in [0.1, 0.15) is 5.75 Å². The van der Waals surface area contributed by atoms with E-state index in [1.165, 1.54) is 19.3 Å². The summed E-state index contributed by atoms with van der Waals surface area (Å²) in [7, 11) is 1.67. The van der Waals surface area contributed by atoms with Crippen molar-refractivity contribution >= 4 is 5.95 Å². The predicted octanol–water partition coefficient (Wildman–Crippen LogP) is 2.95. The fourth-order valence-electron chi connectivity index (χ4n) is 3.39. The molecule has 1 aromatic carbocycles. The second kappa shape index (κ2) is 8.84. The van der Waals surface area contributed by atoms with Crippen LogP contribution >= 0.6 is 0 Å². The van der Waals surface area contributed by atoms with Crippen molar-refractivity contribution in [3.8, 4) is 11.4 Å². The summed E-state index contributed by atoms with van der Waals surface area (Å²) in [5.74, 6) is 1.67. The number of methoxy groups -OCH3 is 1. The number of hydrogen-bond donors (Lipinski definition) is 1. The molecule has 1 fully saturated rings. The molecule has 0 spiro atoms. The Bertz CT molecular complexity index is 886. The van der Waals surface area contributed by atoms with E-state index in [0.29, 0.717) is 0 Å². The van der Waals surface area contributed by atoms with Crippen LogP contribution in [0.15, 0.2) is 49.1 Å². The Morgan fingerprint density at radius 1 is 1.00 bits per heavy atom. The number of nitrogens with zero attached hydrogens (tertiary/aromatic N) is 5. The molecule has 0 radical (unpaired) electrons. The number of aromatic nitrogens is 4. The maximum absolute atomic E-state index is 5.28. The summed E-state index contributed by atoms with van der Waals surface area (Å²) >= 11 is 0. The molecule has 1 aliphatic rings. The molecule has 1 saturated heterocycles. The highest BCUT2D eigenvalue weighted by atomic mass is 16.5. The molecule has 146 valence electrons. The van der Waals surface area contributed by atoms with Crippen molar-refractivity contribution in [1.29, 1.82) is 0 Å². The lowest BCUT2D eigenvalue weighted by atomic mass is 10.1. The van der Waals surface area contributed by atoms with E-state index in [0.717, 1.165) is 54.7 Å². The standard InChI is InChI=1S/C21H26N6O/c1-28-20-7-5-6-19(10-20)27-16-18(15-25-27)12-22-11-17-13-23-21(24-14-17)26-8-3-2-4-9-26/h5-7,10,13-16,22H,2-4,8-9,11-12H2,1H3. The molecule has 28 heavy (non-hydrogen) atoms. The highest BCUT2D eigenvalue weighted by Gasteiger charge is 2.12. The molecule has 2 aromatic heterocycles. The average molecular weight is 378 g/mol. The highest BCUT2D eigenvalue weighted by molar-refractivity contribution is 5.39. The summed E-state index contributed by atoms with van der Waals surface area (Å²) in [5, 5.41) is 7.87. The third-order valence-corrected chi connectivity index (χ3v) is 4.94. The topological polar surface area (TPSA) is 68.1 Å². The van der Waals surface area contributed by atoms with Crippen LogP contribution in [-0.2, 0) is 13.1 Å². The van der Waals surface area contributed by atoms with Crippen molar-refractivity contribution in [1.82, 2.24) is 25.1 Å². The smallest absolute Gasteiger partial charge is 0.225 e. The molecule has 3 heterocycles. The third kappa shape index (κ3) is 4.48. The van der Waals surface area contributed by atoms with Crippen molar-refractivity contribution in [3.63, 3.8) is 0 Å². The summed E-state index contributed by atoms with van der Waals surface area (Å²) in [5.41, 5.74) is 3.18. The van der Waals surface area contributed by atoms with Crippen LogP contribution in [0.2, 0.25) is 0 Å². The highest BCUT2D eigenvalue weighted by Crippen LogP contribution is 2.17. The first-order valence-electron chi connectivity index (χ1n) is 9.76. The molecular weight excluding hydrogens is 352 g/mol. The van der Waals surface area contributed by atoms with E-state index in [2.05, 4.69) is 25.3 Å². The first-order valence-corrected chi connectivity index (χ1v) is 9.76. The van der Waals surface area contributed by atoms with E-state index in [1.54, 1.807) is 7.11 Å². The van der Waals surface area contributed by atoms with E-state index < -0.39 is 0 Å². The Kier molecular flexibility index (Phi) is 5.82. The van der Waals surface area contributed by atoms with Gasteiger partial charge < -0.3 is 15.0 Å². The van der Waals surface area contributed by atoms with Gasteiger partial charge in [0.25, 0.3) is 0 Å². The maximum Gasteiger partial charge on any atom is 0.225 e. The SMILES string of the molecule is COc1cccc(-n2cc(CNCc3cnc(N4CCCCC4)nc3)cn2)c1. The van der Waals surface area contributed by atoms with Crippen molar-refractivity contribution in [2.75, 3.05) is 25.1 Å². The van der Waals surface area contributed by atoms with Gasteiger partial charge >= 0.3 is 0 Å². The van der Waals surface area contributed by atoms with E-state index >= 15 is 0 Å². The van der Waals surface area contributed by atoms with Gasteiger partial charge in [-0.1, -0.05) is 6.07 Å². The quantitative estimate of drug-likeness (QED) is 0.682. The van der Waals surface area contributed by atoms with Crippen LogP contribution in [0.1, 0.15) is 30.4 Å². The average Bonchev–Trinajstić information content (AvgIpc) is 3.24. The van der Waals surface area contributed by atoms with Gasteiger partial charge in [0.05, 0.1) is 19.0 Å². The van der Waals surface area contributed by atoms with Gasteiger partial charge in [0.15, 0.2) is 0 Å². The van der Waals surface area contributed by atoms with Crippen molar-refractivity contribution in [3.05, 3.63) is 60.2 Å². The Hall–Kier alpha value is -2.93. The van der Waals surface area contributed by atoms with E-state index in [4.69, 9.17) is 4.74 Å². The molecule has 0 amide bonds. The fourth-order valence-corrected chi connectivity index (χ4v) is 3.39. The molecule has 4 rings (SSSR count). The summed E-state index contributed by atoms with van der Waals surface area (Å²) in [4.78, 5) is 11.3. The first kappa shape index (κ1) is 18.4. The Labute approximate surface area is 165 Å². The minimum Gasteiger partial charge on any atom is -0.497 e. The van der Waals surface area contributed by atoms with Crippen LogP contribution in [0.25, 0.3) is 5.69 Å². The second-order valence-electron chi connectivity index (χ2n) is 7.04. The minimum atomic E-state index is 0.727. The summed E-state index contributed by atoms with van der Waals surface area (Å²) < 4.78 is 7.13. The zero-order valence-electron chi connectivity index (χ0n) is 16.2. The number of hydrogen-bond acceptors (Lipinski definition) is 6. The molecule has 0 aliphatic carbocycles. The summed E-state index contributed by atoms with van der Waals surface area (Å²) in [6.45, 7) is 3.59. The molecular formula is C21H26N6O. The van der Waals surface area contributed by atoms with Crippen LogP contribution < -0.4 is 15.0 Å². The van der Waals surface area contributed by atoms with E-state index in [1.807, 2.05) is 53.7 Å². The summed E-state index contributed by atoms with van der Waals surface area (Å²) in [6, 6.07) is 7.86. The van der Waals surface area contributed by atoms with Gasteiger partial charge in [-0.15, -0.1) is 0 Å². The number of benzene rings is 1. The van der Waals surface area contributed by atoms with E-state index in [-0.39, 0.29) is 0 Å². The summed E-state index contributed by atoms with van der Waals surface area (Å²) in [6.07, 6.45) is 11.5. The van der Waals surface area contributed by atoms with Crippen molar-refractivity contribution in [2.45, 2.75) is 32.4 Å². The normalized spacial score (nSPS) is 14.2. The monoisotopic (exact) mass is 378 g/mol. The minimum absolute atomic E-state index is 0.727. The van der Waals surface area contributed by atoms with Crippen molar-refractivity contribution in [2.24, 2.45) is 0 Å². The maximum atomic E-state index is 5.28. The van der Waals surface area contributed by atoms with Gasteiger partial charge in [-0.3, -0.25) is 0 Å². The first-order chi connectivity index (χ1) is 13.8. The lowest BCUT2D eigenvalue weighted by Gasteiger charge is -2.26. The van der Waals surface area contributed by atoms with Gasteiger partial charge in [-0.2, -0.15) is 5.10 Å². The third-order valence-electron chi connectivity index (χ3n) is 4.94. The van der Waals surface area contributed by atoms with Crippen LogP contribution in [0.4, 0.5) is 5.95 Å². The molecule has 1 N–H and O–H groups in total. The fraction of sp³-hybridized carbons (Fsp3) is 0.381. The lowest BCUT2D eigenvalue weighted by molar-refractivity contribution is 0.414. The number of rotatable bonds is 7. The zero-order valence-corrected chi connectivity index (χ0v) is 16.2. The zero-order chi connectivity index (χ0) is 19.2. The molecule has 0 atom stereocenters.